The zero-order chi connectivity index (χ0) is 16.9. The lowest BCUT2D eigenvalue weighted by Crippen LogP contribution is -2.20. The van der Waals surface area contributed by atoms with Crippen molar-refractivity contribution in [2.24, 2.45) is 0 Å². The lowest BCUT2D eigenvalue weighted by molar-refractivity contribution is -0.118. The van der Waals surface area contributed by atoms with E-state index in [-0.39, 0.29) is 11.7 Å². The smallest absolute Gasteiger partial charge is 0.230 e. The zero-order valence-electron chi connectivity index (χ0n) is 13.5. The average molecular weight is 342 g/mol. The van der Waals surface area contributed by atoms with Gasteiger partial charge < -0.3 is 9.73 Å². The van der Waals surface area contributed by atoms with Crippen LogP contribution in [-0.4, -0.2) is 33.5 Å². The highest BCUT2D eigenvalue weighted by atomic mass is 32.2. The fourth-order valence-electron chi connectivity index (χ4n) is 2.38. The standard InChI is InChI=1S/C17H18N4O2S/c1-3-12-7-4-5-8-13(12)21-16(14-9-6-10-23-14)19-20-17(21)24-11-15(22)18-2/h4-10H,3,11H2,1-2H3,(H,18,22). The Labute approximate surface area is 144 Å². The van der Waals surface area contributed by atoms with Gasteiger partial charge in [-0.15, -0.1) is 10.2 Å². The molecule has 0 spiro atoms. The summed E-state index contributed by atoms with van der Waals surface area (Å²) in [6.45, 7) is 2.10. The molecule has 124 valence electrons. The van der Waals surface area contributed by atoms with Crippen LogP contribution in [0.5, 0.6) is 0 Å². The lowest BCUT2D eigenvalue weighted by atomic mass is 10.1. The van der Waals surface area contributed by atoms with Crippen molar-refractivity contribution in [2.45, 2.75) is 18.5 Å². The number of aromatic nitrogens is 3. The van der Waals surface area contributed by atoms with Crippen LogP contribution in [0.3, 0.4) is 0 Å². The second kappa shape index (κ2) is 7.35. The van der Waals surface area contributed by atoms with Crippen molar-refractivity contribution in [2.75, 3.05) is 12.8 Å². The average Bonchev–Trinajstić information content (AvgIpc) is 3.28. The summed E-state index contributed by atoms with van der Waals surface area (Å²) in [5.41, 5.74) is 2.17. The minimum absolute atomic E-state index is 0.0575. The second-order valence-corrected chi connectivity index (χ2v) is 6.01. The molecule has 1 amide bonds. The SMILES string of the molecule is CCc1ccccc1-n1c(SCC(=O)NC)nnc1-c1ccco1. The number of hydrogen-bond acceptors (Lipinski definition) is 5. The number of para-hydroxylation sites is 1. The van der Waals surface area contributed by atoms with Crippen molar-refractivity contribution in [3.8, 4) is 17.3 Å². The molecule has 3 rings (SSSR count). The summed E-state index contributed by atoms with van der Waals surface area (Å²) in [5.74, 6) is 1.49. The van der Waals surface area contributed by atoms with E-state index in [1.54, 1.807) is 13.3 Å². The van der Waals surface area contributed by atoms with E-state index in [2.05, 4.69) is 28.5 Å². The molecule has 0 saturated heterocycles. The molecule has 0 aliphatic heterocycles. The topological polar surface area (TPSA) is 73.0 Å². The first-order valence-electron chi connectivity index (χ1n) is 7.65. The van der Waals surface area contributed by atoms with E-state index in [0.717, 1.165) is 12.1 Å². The summed E-state index contributed by atoms with van der Waals surface area (Å²) in [5, 5.41) is 11.8. The summed E-state index contributed by atoms with van der Waals surface area (Å²) in [6, 6.07) is 11.8. The number of amides is 1. The predicted octanol–water partition coefficient (Wildman–Crippen LogP) is 2.93. The third-order valence-electron chi connectivity index (χ3n) is 3.60. The summed E-state index contributed by atoms with van der Waals surface area (Å²) in [7, 11) is 1.62. The van der Waals surface area contributed by atoms with Gasteiger partial charge in [-0.3, -0.25) is 9.36 Å². The Kier molecular flexibility index (Phi) is 5.00. The normalized spacial score (nSPS) is 10.8. The number of carbonyl (C=O) groups is 1. The van der Waals surface area contributed by atoms with Gasteiger partial charge in [-0.2, -0.15) is 0 Å². The molecule has 0 atom stereocenters. The molecule has 6 nitrogen and oxygen atoms in total. The van der Waals surface area contributed by atoms with Gasteiger partial charge in [-0.05, 0) is 30.2 Å². The van der Waals surface area contributed by atoms with Crippen LogP contribution in [0.15, 0.2) is 52.2 Å². The van der Waals surface area contributed by atoms with Crippen LogP contribution >= 0.6 is 11.8 Å². The second-order valence-electron chi connectivity index (χ2n) is 5.06. The number of rotatable bonds is 6. The summed E-state index contributed by atoms with van der Waals surface area (Å²) < 4.78 is 7.45. The number of nitrogens with one attached hydrogen (secondary N) is 1. The van der Waals surface area contributed by atoms with Crippen LogP contribution in [0.2, 0.25) is 0 Å². The molecule has 0 aliphatic carbocycles. The maximum Gasteiger partial charge on any atom is 0.230 e. The van der Waals surface area contributed by atoms with Gasteiger partial charge >= 0.3 is 0 Å². The maximum atomic E-state index is 11.6. The highest BCUT2D eigenvalue weighted by Gasteiger charge is 2.20. The third kappa shape index (κ3) is 3.21. The van der Waals surface area contributed by atoms with Crippen LogP contribution in [0, 0.1) is 0 Å². The van der Waals surface area contributed by atoms with Crippen LogP contribution in [0.1, 0.15) is 12.5 Å². The van der Waals surface area contributed by atoms with Gasteiger partial charge in [-0.25, -0.2) is 0 Å². The first-order valence-corrected chi connectivity index (χ1v) is 8.64. The number of thioether (sulfide) groups is 1. The van der Waals surface area contributed by atoms with Gasteiger partial charge in [0.15, 0.2) is 10.9 Å². The first-order chi connectivity index (χ1) is 11.7. The summed E-state index contributed by atoms with van der Waals surface area (Å²) in [6.07, 6.45) is 2.49. The molecular formula is C17H18N4O2S. The molecule has 2 heterocycles. The van der Waals surface area contributed by atoms with E-state index in [1.165, 1.54) is 17.3 Å². The Morgan fingerprint density at radius 3 is 2.79 bits per heavy atom. The Morgan fingerprint density at radius 1 is 1.25 bits per heavy atom. The molecule has 0 bridgehead atoms. The molecule has 3 aromatic rings. The Balaban J connectivity index is 2.09. The van der Waals surface area contributed by atoms with E-state index >= 15 is 0 Å². The molecule has 24 heavy (non-hydrogen) atoms. The van der Waals surface area contributed by atoms with E-state index in [4.69, 9.17) is 4.42 Å². The number of hydrogen-bond donors (Lipinski definition) is 1. The fraction of sp³-hybridized carbons (Fsp3) is 0.235. The van der Waals surface area contributed by atoms with Crippen molar-refractivity contribution in [3.05, 3.63) is 48.2 Å². The van der Waals surface area contributed by atoms with Crippen molar-refractivity contribution < 1.29 is 9.21 Å². The molecule has 0 radical (unpaired) electrons. The Bertz CT molecular complexity index is 827. The lowest BCUT2D eigenvalue weighted by Gasteiger charge is -2.13. The monoisotopic (exact) mass is 342 g/mol. The van der Waals surface area contributed by atoms with Gasteiger partial charge in [0, 0.05) is 7.05 Å². The third-order valence-corrected chi connectivity index (χ3v) is 4.53. The fourth-order valence-corrected chi connectivity index (χ4v) is 3.19. The van der Waals surface area contributed by atoms with Gasteiger partial charge in [0.05, 0.1) is 17.7 Å². The van der Waals surface area contributed by atoms with Crippen LogP contribution in [0.25, 0.3) is 17.3 Å². The zero-order valence-corrected chi connectivity index (χ0v) is 14.3. The highest BCUT2D eigenvalue weighted by Crippen LogP contribution is 2.29. The molecular weight excluding hydrogens is 324 g/mol. The van der Waals surface area contributed by atoms with Crippen molar-refractivity contribution in [1.82, 2.24) is 20.1 Å². The van der Waals surface area contributed by atoms with E-state index in [0.29, 0.717) is 16.7 Å². The molecule has 0 fully saturated rings. The van der Waals surface area contributed by atoms with Crippen LogP contribution < -0.4 is 5.32 Å². The minimum atomic E-state index is -0.0575. The van der Waals surface area contributed by atoms with Gasteiger partial charge in [0.25, 0.3) is 0 Å². The quantitative estimate of drug-likeness (QED) is 0.697. The molecule has 0 aliphatic rings. The largest absolute Gasteiger partial charge is 0.461 e. The highest BCUT2D eigenvalue weighted by molar-refractivity contribution is 7.99. The number of aryl methyl sites for hydroxylation is 1. The first kappa shape index (κ1) is 16.3. The molecule has 0 unspecified atom stereocenters. The predicted molar refractivity (Wildman–Crippen MR) is 93.2 cm³/mol. The molecule has 7 heteroatoms. The molecule has 1 N–H and O–H groups in total. The summed E-state index contributed by atoms with van der Waals surface area (Å²) in [4.78, 5) is 11.6. The Morgan fingerprint density at radius 2 is 2.08 bits per heavy atom. The van der Waals surface area contributed by atoms with Crippen molar-refractivity contribution in [3.63, 3.8) is 0 Å². The molecule has 0 saturated carbocycles. The molecule has 2 aromatic heterocycles. The van der Waals surface area contributed by atoms with Gasteiger partial charge in [-0.1, -0.05) is 36.9 Å². The van der Waals surface area contributed by atoms with Crippen LogP contribution in [-0.2, 0) is 11.2 Å². The van der Waals surface area contributed by atoms with Crippen LogP contribution in [0.4, 0.5) is 0 Å². The summed E-state index contributed by atoms with van der Waals surface area (Å²) >= 11 is 1.35. The Hall–Kier alpha value is -2.54. The number of carbonyl (C=O) groups excluding carboxylic acids is 1. The van der Waals surface area contributed by atoms with Gasteiger partial charge in [0.2, 0.25) is 11.7 Å². The molecule has 1 aromatic carbocycles. The maximum absolute atomic E-state index is 11.6. The number of nitrogens with zero attached hydrogens (tertiary/aromatic N) is 3. The van der Waals surface area contributed by atoms with Crippen molar-refractivity contribution >= 4 is 17.7 Å². The van der Waals surface area contributed by atoms with E-state index in [9.17, 15) is 4.79 Å². The number of benzene rings is 1. The minimum Gasteiger partial charge on any atom is -0.461 e. The number of furan rings is 1. The van der Waals surface area contributed by atoms with E-state index in [1.807, 2.05) is 34.9 Å². The van der Waals surface area contributed by atoms with E-state index < -0.39 is 0 Å². The van der Waals surface area contributed by atoms with Crippen molar-refractivity contribution in [1.29, 1.82) is 0 Å². The van der Waals surface area contributed by atoms with Gasteiger partial charge in [0.1, 0.15) is 0 Å².